The van der Waals surface area contributed by atoms with Gasteiger partial charge in [-0.1, -0.05) is 0 Å². The number of aromatic hydroxyl groups is 1. The Kier molecular flexibility index (Phi) is 3.44. The molecule has 0 saturated heterocycles. The SMILES string of the molecule is COc1cc(O)c(C#N)cc1CN=C=O. The molecule has 0 heterocycles. The van der Waals surface area contributed by atoms with E-state index in [4.69, 9.17) is 10.00 Å². The van der Waals surface area contributed by atoms with E-state index in [0.717, 1.165) is 0 Å². The highest BCUT2D eigenvalue weighted by Crippen LogP contribution is 2.28. The summed E-state index contributed by atoms with van der Waals surface area (Å²) in [5.41, 5.74) is 0.669. The molecule has 0 aromatic heterocycles. The summed E-state index contributed by atoms with van der Waals surface area (Å²) in [5.74, 6) is 0.221. The van der Waals surface area contributed by atoms with Gasteiger partial charge in [0.1, 0.15) is 17.6 Å². The van der Waals surface area contributed by atoms with Gasteiger partial charge in [-0.2, -0.15) is 5.26 Å². The minimum absolute atomic E-state index is 0.0711. The minimum Gasteiger partial charge on any atom is -0.506 e. The first-order chi connectivity index (χ1) is 7.22. The standard InChI is InChI=1S/C10H8N2O3/c1-15-10-3-9(14)7(4-11)2-8(10)5-12-6-13/h2-3,14H,5H2,1H3. The molecule has 0 bridgehead atoms. The largest absolute Gasteiger partial charge is 0.506 e. The third-order valence-corrected chi connectivity index (χ3v) is 1.83. The Morgan fingerprint density at radius 3 is 2.87 bits per heavy atom. The molecule has 5 nitrogen and oxygen atoms in total. The second-order valence-electron chi connectivity index (χ2n) is 2.70. The number of aliphatic imine (C=N–C) groups is 1. The van der Waals surface area contributed by atoms with Crippen LogP contribution in [0.15, 0.2) is 17.1 Å². The molecule has 1 N–H and O–H groups in total. The fourth-order valence-corrected chi connectivity index (χ4v) is 1.13. The fourth-order valence-electron chi connectivity index (χ4n) is 1.13. The molecule has 0 saturated carbocycles. The van der Waals surface area contributed by atoms with Crippen LogP contribution in [0.2, 0.25) is 0 Å². The van der Waals surface area contributed by atoms with Crippen LogP contribution >= 0.6 is 0 Å². The molecule has 0 aliphatic carbocycles. The number of rotatable bonds is 3. The first kappa shape index (κ1) is 10.8. The molecule has 1 aromatic carbocycles. The summed E-state index contributed by atoms with van der Waals surface area (Å²) in [5, 5.41) is 18.0. The lowest BCUT2D eigenvalue weighted by molar-refractivity contribution is 0.402. The van der Waals surface area contributed by atoms with E-state index in [1.807, 2.05) is 6.07 Å². The van der Waals surface area contributed by atoms with Crippen molar-refractivity contribution in [2.75, 3.05) is 7.11 Å². The quantitative estimate of drug-likeness (QED) is 0.590. The number of methoxy groups -OCH3 is 1. The maximum Gasteiger partial charge on any atom is 0.235 e. The van der Waals surface area contributed by atoms with Gasteiger partial charge in [0.05, 0.1) is 19.2 Å². The van der Waals surface area contributed by atoms with Crippen molar-refractivity contribution in [3.63, 3.8) is 0 Å². The minimum atomic E-state index is -0.159. The van der Waals surface area contributed by atoms with Gasteiger partial charge in [0.2, 0.25) is 6.08 Å². The van der Waals surface area contributed by atoms with Crippen LogP contribution in [-0.2, 0) is 11.3 Å². The number of benzene rings is 1. The van der Waals surface area contributed by atoms with Gasteiger partial charge in [-0.25, -0.2) is 9.79 Å². The summed E-state index contributed by atoms with van der Waals surface area (Å²) in [6, 6.07) is 4.56. The molecular formula is C10H8N2O3. The zero-order chi connectivity index (χ0) is 11.3. The Morgan fingerprint density at radius 2 is 2.33 bits per heavy atom. The number of hydrogen-bond acceptors (Lipinski definition) is 5. The molecule has 0 spiro atoms. The van der Waals surface area contributed by atoms with Crippen LogP contribution in [0, 0.1) is 11.3 Å². The molecule has 0 unspecified atom stereocenters. The highest BCUT2D eigenvalue weighted by atomic mass is 16.5. The van der Waals surface area contributed by atoms with Crippen molar-refractivity contribution >= 4 is 6.08 Å². The van der Waals surface area contributed by atoms with Crippen molar-refractivity contribution in [3.05, 3.63) is 23.3 Å². The number of hydrogen-bond donors (Lipinski definition) is 1. The van der Waals surface area contributed by atoms with Crippen molar-refractivity contribution in [2.45, 2.75) is 6.54 Å². The molecule has 5 heteroatoms. The average molecular weight is 204 g/mol. The first-order valence-electron chi connectivity index (χ1n) is 4.06. The van der Waals surface area contributed by atoms with Crippen LogP contribution in [0.3, 0.4) is 0 Å². The Balaban J connectivity index is 3.23. The maximum atomic E-state index is 9.95. The van der Waals surface area contributed by atoms with E-state index in [1.54, 1.807) is 0 Å². The highest BCUT2D eigenvalue weighted by Gasteiger charge is 2.08. The summed E-state index contributed by atoms with van der Waals surface area (Å²) in [4.78, 5) is 13.3. The lowest BCUT2D eigenvalue weighted by Crippen LogP contribution is -1.92. The van der Waals surface area contributed by atoms with E-state index in [2.05, 4.69) is 4.99 Å². The predicted molar refractivity (Wildman–Crippen MR) is 51.2 cm³/mol. The predicted octanol–water partition coefficient (Wildman–Crippen LogP) is 1.11. The van der Waals surface area contributed by atoms with E-state index in [-0.39, 0.29) is 17.9 Å². The number of nitriles is 1. The second-order valence-corrected chi connectivity index (χ2v) is 2.70. The van der Waals surface area contributed by atoms with Gasteiger partial charge >= 0.3 is 0 Å². The number of phenolic OH excluding ortho intramolecular Hbond substituents is 1. The Labute approximate surface area is 86.2 Å². The van der Waals surface area contributed by atoms with Crippen LogP contribution in [0.5, 0.6) is 11.5 Å². The van der Waals surface area contributed by atoms with Crippen LogP contribution < -0.4 is 4.74 Å². The van der Waals surface area contributed by atoms with Crippen molar-refractivity contribution in [3.8, 4) is 17.6 Å². The lowest BCUT2D eigenvalue weighted by Gasteiger charge is -2.07. The molecule has 0 fully saturated rings. The molecule has 76 valence electrons. The van der Waals surface area contributed by atoms with Crippen molar-refractivity contribution in [1.82, 2.24) is 0 Å². The van der Waals surface area contributed by atoms with E-state index in [1.165, 1.54) is 25.3 Å². The molecule has 0 aliphatic heterocycles. The highest BCUT2D eigenvalue weighted by molar-refractivity contribution is 5.51. The van der Waals surface area contributed by atoms with Crippen molar-refractivity contribution in [2.24, 2.45) is 4.99 Å². The van der Waals surface area contributed by atoms with Gasteiger partial charge in [0.15, 0.2) is 0 Å². The average Bonchev–Trinajstić information content (AvgIpc) is 2.26. The number of carbonyl (C=O) groups excluding carboxylic acids is 1. The van der Waals surface area contributed by atoms with Crippen LogP contribution in [0.25, 0.3) is 0 Å². The van der Waals surface area contributed by atoms with Crippen molar-refractivity contribution < 1.29 is 14.6 Å². The Morgan fingerprint density at radius 1 is 1.60 bits per heavy atom. The first-order valence-corrected chi connectivity index (χ1v) is 4.06. The lowest BCUT2D eigenvalue weighted by atomic mass is 10.1. The summed E-state index contributed by atoms with van der Waals surface area (Å²) >= 11 is 0. The summed E-state index contributed by atoms with van der Waals surface area (Å²) < 4.78 is 4.96. The molecule has 0 atom stereocenters. The maximum absolute atomic E-state index is 9.95. The van der Waals surface area contributed by atoms with Crippen molar-refractivity contribution in [1.29, 1.82) is 5.26 Å². The second kappa shape index (κ2) is 4.80. The van der Waals surface area contributed by atoms with Crippen LogP contribution in [-0.4, -0.2) is 18.3 Å². The molecule has 0 aliphatic rings. The summed E-state index contributed by atoms with van der Waals surface area (Å²) in [6.45, 7) is 0.0711. The van der Waals surface area contributed by atoms with E-state index < -0.39 is 0 Å². The number of isocyanates is 1. The van der Waals surface area contributed by atoms with Gasteiger partial charge in [0.25, 0.3) is 0 Å². The monoisotopic (exact) mass is 204 g/mol. The molecule has 0 radical (unpaired) electrons. The van der Waals surface area contributed by atoms with E-state index >= 15 is 0 Å². The molecule has 1 aromatic rings. The molecule has 15 heavy (non-hydrogen) atoms. The normalized spacial score (nSPS) is 8.80. The topological polar surface area (TPSA) is 82.7 Å². The van der Waals surface area contributed by atoms with Crippen LogP contribution in [0.1, 0.15) is 11.1 Å². The molecule has 0 amide bonds. The Bertz CT molecular complexity index is 456. The van der Waals surface area contributed by atoms with E-state index in [9.17, 15) is 9.90 Å². The zero-order valence-corrected chi connectivity index (χ0v) is 8.02. The van der Waals surface area contributed by atoms with Gasteiger partial charge in [0, 0.05) is 11.6 Å². The third-order valence-electron chi connectivity index (χ3n) is 1.83. The van der Waals surface area contributed by atoms with Gasteiger partial charge in [-0.15, -0.1) is 0 Å². The number of phenols is 1. The zero-order valence-electron chi connectivity index (χ0n) is 8.02. The fraction of sp³-hybridized carbons (Fsp3) is 0.200. The van der Waals surface area contributed by atoms with Gasteiger partial charge < -0.3 is 9.84 Å². The van der Waals surface area contributed by atoms with E-state index in [0.29, 0.717) is 11.3 Å². The Hall–Kier alpha value is -2.31. The third kappa shape index (κ3) is 2.33. The van der Waals surface area contributed by atoms with Gasteiger partial charge in [-0.3, -0.25) is 0 Å². The summed E-state index contributed by atoms with van der Waals surface area (Å²) in [6.07, 6.45) is 1.39. The summed E-state index contributed by atoms with van der Waals surface area (Å²) in [7, 11) is 1.43. The smallest absolute Gasteiger partial charge is 0.235 e. The molecular weight excluding hydrogens is 196 g/mol. The number of ether oxygens (including phenoxy) is 1. The number of nitrogens with zero attached hydrogens (tertiary/aromatic N) is 2. The van der Waals surface area contributed by atoms with Crippen LogP contribution in [0.4, 0.5) is 0 Å². The van der Waals surface area contributed by atoms with Gasteiger partial charge in [-0.05, 0) is 6.07 Å². The molecule has 1 rings (SSSR count).